The zero-order chi connectivity index (χ0) is 10.6. The first kappa shape index (κ1) is 11.2. The Balaban J connectivity index is 2.73. The molecule has 0 aliphatic rings. The Hall–Kier alpha value is -0.830. The van der Waals surface area contributed by atoms with Crippen LogP contribution in [0.5, 0.6) is 0 Å². The molecule has 0 fully saturated rings. The number of rotatable bonds is 4. The van der Waals surface area contributed by atoms with Crippen LogP contribution in [0.1, 0.15) is 25.6 Å². The lowest BCUT2D eigenvalue weighted by Crippen LogP contribution is -1.92. The van der Waals surface area contributed by atoms with Crippen LogP contribution in [0.15, 0.2) is 29.2 Å². The van der Waals surface area contributed by atoms with E-state index in [1.807, 2.05) is 12.1 Å². The van der Waals surface area contributed by atoms with Gasteiger partial charge in [-0.2, -0.15) is 0 Å². The summed E-state index contributed by atoms with van der Waals surface area (Å²) >= 11 is 1.72. The topological polar surface area (TPSA) is 17.1 Å². The number of thioether (sulfide) groups is 1. The molecule has 0 saturated heterocycles. The van der Waals surface area contributed by atoms with Gasteiger partial charge in [-0.3, -0.25) is 4.79 Å². The van der Waals surface area contributed by atoms with E-state index in [0.29, 0.717) is 17.1 Å². The fourth-order valence-electron chi connectivity index (χ4n) is 1.08. The summed E-state index contributed by atoms with van der Waals surface area (Å²) in [7, 11) is 0. The Labute approximate surface area is 87.7 Å². The summed E-state index contributed by atoms with van der Waals surface area (Å²) in [6, 6.07) is 7.00. The molecule has 0 aliphatic carbocycles. The highest BCUT2D eigenvalue weighted by Crippen LogP contribution is 2.24. The number of alkyl halides is 1. The average Bonchev–Trinajstić information content (AvgIpc) is 2.17. The van der Waals surface area contributed by atoms with Crippen molar-refractivity contribution in [3.8, 4) is 0 Å². The van der Waals surface area contributed by atoms with Crippen molar-refractivity contribution >= 4 is 18.0 Å². The molecule has 1 atom stereocenters. The third kappa shape index (κ3) is 3.14. The second kappa shape index (κ2) is 5.15. The molecule has 0 saturated carbocycles. The first-order valence-corrected chi connectivity index (χ1v) is 5.37. The van der Waals surface area contributed by atoms with E-state index in [1.165, 1.54) is 0 Å². The number of halogens is 1. The molecule has 0 spiro atoms. The largest absolute Gasteiger partial charge is 0.300 e. The van der Waals surface area contributed by atoms with Gasteiger partial charge in [0.25, 0.3) is 0 Å². The molecule has 0 bridgehead atoms. The highest BCUT2D eigenvalue weighted by atomic mass is 32.2. The van der Waals surface area contributed by atoms with Gasteiger partial charge in [0, 0.05) is 10.1 Å². The Morgan fingerprint density at radius 3 is 2.29 bits per heavy atom. The molecule has 0 heterocycles. The normalized spacial score (nSPS) is 12.9. The summed E-state index contributed by atoms with van der Waals surface area (Å²) in [5.41, 5.74) is 0.424. The number of carbonyl (C=O) groups excluding carboxylic acids is 1. The van der Waals surface area contributed by atoms with Crippen LogP contribution >= 0.6 is 11.8 Å². The molecule has 0 N–H and O–H groups in total. The van der Waals surface area contributed by atoms with Crippen molar-refractivity contribution in [1.82, 2.24) is 0 Å². The second-order valence-corrected chi connectivity index (χ2v) is 4.92. The average molecular weight is 212 g/mol. The van der Waals surface area contributed by atoms with Crippen LogP contribution in [-0.4, -0.2) is 11.5 Å². The smallest absolute Gasteiger partial charge is 0.180 e. The van der Waals surface area contributed by atoms with Crippen LogP contribution in [-0.2, 0) is 4.79 Å². The highest BCUT2D eigenvalue weighted by molar-refractivity contribution is 7.99. The van der Waals surface area contributed by atoms with Gasteiger partial charge in [-0.1, -0.05) is 26.0 Å². The van der Waals surface area contributed by atoms with E-state index in [4.69, 9.17) is 0 Å². The maximum Gasteiger partial charge on any atom is 0.180 e. The van der Waals surface area contributed by atoms with Gasteiger partial charge in [-0.05, 0) is 17.7 Å². The molecule has 1 aromatic carbocycles. The van der Waals surface area contributed by atoms with Gasteiger partial charge in [-0.15, -0.1) is 11.8 Å². The molecule has 14 heavy (non-hydrogen) atoms. The number of hydrogen-bond acceptors (Lipinski definition) is 2. The van der Waals surface area contributed by atoms with E-state index < -0.39 is 6.17 Å². The lowest BCUT2D eigenvalue weighted by atomic mass is 10.1. The number of aldehydes is 1. The molecule has 0 amide bonds. The summed E-state index contributed by atoms with van der Waals surface area (Å²) in [5, 5.41) is 0.507. The molecular weight excluding hydrogens is 199 g/mol. The van der Waals surface area contributed by atoms with E-state index in [-0.39, 0.29) is 0 Å². The SMILES string of the molecule is CC(C)Sc1ccc(C(F)C=O)cc1. The predicted molar refractivity (Wildman–Crippen MR) is 57.3 cm³/mol. The molecule has 1 aromatic rings. The van der Waals surface area contributed by atoms with E-state index in [1.54, 1.807) is 23.9 Å². The van der Waals surface area contributed by atoms with Gasteiger partial charge >= 0.3 is 0 Å². The van der Waals surface area contributed by atoms with Crippen molar-refractivity contribution in [1.29, 1.82) is 0 Å². The van der Waals surface area contributed by atoms with Gasteiger partial charge < -0.3 is 0 Å². The molecular formula is C11H13FOS. The first-order valence-electron chi connectivity index (χ1n) is 4.49. The zero-order valence-electron chi connectivity index (χ0n) is 8.24. The van der Waals surface area contributed by atoms with E-state index in [2.05, 4.69) is 13.8 Å². The zero-order valence-corrected chi connectivity index (χ0v) is 9.05. The van der Waals surface area contributed by atoms with E-state index in [0.717, 1.165) is 4.90 Å². The Kier molecular flexibility index (Phi) is 4.14. The molecule has 0 radical (unpaired) electrons. The summed E-state index contributed by atoms with van der Waals surface area (Å²) < 4.78 is 12.9. The molecule has 1 nitrogen and oxygen atoms in total. The second-order valence-electron chi connectivity index (χ2n) is 3.27. The van der Waals surface area contributed by atoms with Crippen LogP contribution < -0.4 is 0 Å². The van der Waals surface area contributed by atoms with Gasteiger partial charge in [-0.25, -0.2) is 4.39 Å². The molecule has 3 heteroatoms. The van der Waals surface area contributed by atoms with Crippen molar-refractivity contribution in [3.05, 3.63) is 29.8 Å². The minimum absolute atomic E-state index is 0.310. The first-order chi connectivity index (χ1) is 6.63. The van der Waals surface area contributed by atoms with Crippen molar-refractivity contribution in [3.63, 3.8) is 0 Å². The molecule has 1 unspecified atom stereocenters. The Morgan fingerprint density at radius 2 is 1.86 bits per heavy atom. The minimum Gasteiger partial charge on any atom is -0.300 e. The third-order valence-corrected chi connectivity index (χ3v) is 2.71. The summed E-state index contributed by atoms with van der Waals surface area (Å²) in [6.07, 6.45) is -1.18. The van der Waals surface area contributed by atoms with Gasteiger partial charge in [0.1, 0.15) is 0 Å². The molecule has 0 aromatic heterocycles. The monoisotopic (exact) mass is 212 g/mol. The quantitative estimate of drug-likeness (QED) is 0.562. The fourth-order valence-corrected chi connectivity index (χ4v) is 1.92. The lowest BCUT2D eigenvalue weighted by molar-refractivity contribution is -0.112. The van der Waals surface area contributed by atoms with Crippen molar-refractivity contribution in [2.75, 3.05) is 0 Å². The Morgan fingerprint density at radius 1 is 1.29 bits per heavy atom. The number of hydrogen-bond donors (Lipinski definition) is 0. The maximum atomic E-state index is 12.9. The van der Waals surface area contributed by atoms with Crippen LogP contribution in [0.25, 0.3) is 0 Å². The van der Waals surface area contributed by atoms with Crippen molar-refractivity contribution < 1.29 is 9.18 Å². The fraction of sp³-hybridized carbons (Fsp3) is 0.364. The predicted octanol–water partition coefficient (Wildman–Crippen LogP) is 3.40. The van der Waals surface area contributed by atoms with Crippen LogP contribution in [0.3, 0.4) is 0 Å². The third-order valence-electron chi connectivity index (χ3n) is 1.69. The summed E-state index contributed by atoms with van der Waals surface area (Å²) in [6.45, 7) is 4.20. The van der Waals surface area contributed by atoms with Gasteiger partial charge in [0.2, 0.25) is 0 Å². The highest BCUT2D eigenvalue weighted by Gasteiger charge is 2.07. The molecule has 1 rings (SSSR count). The van der Waals surface area contributed by atoms with Crippen LogP contribution in [0.4, 0.5) is 4.39 Å². The maximum absolute atomic E-state index is 12.9. The Bertz CT molecular complexity index is 295. The van der Waals surface area contributed by atoms with E-state index >= 15 is 0 Å². The molecule has 0 aliphatic heterocycles. The minimum atomic E-state index is -1.49. The standard InChI is InChI=1S/C11H13FOS/c1-8(2)14-10-5-3-9(4-6-10)11(12)7-13/h3-8,11H,1-2H3. The number of benzene rings is 1. The van der Waals surface area contributed by atoms with E-state index in [9.17, 15) is 9.18 Å². The number of carbonyl (C=O) groups is 1. The lowest BCUT2D eigenvalue weighted by Gasteiger charge is -2.06. The summed E-state index contributed by atoms with van der Waals surface area (Å²) in [4.78, 5) is 11.3. The van der Waals surface area contributed by atoms with Crippen molar-refractivity contribution in [2.24, 2.45) is 0 Å². The molecule has 76 valence electrons. The van der Waals surface area contributed by atoms with Gasteiger partial charge in [0.15, 0.2) is 12.5 Å². The van der Waals surface area contributed by atoms with Crippen LogP contribution in [0.2, 0.25) is 0 Å². The summed E-state index contributed by atoms with van der Waals surface area (Å²) in [5.74, 6) is 0. The van der Waals surface area contributed by atoms with Crippen molar-refractivity contribution in [2.45, 2.75) is 30.2 Å². The van der Waals surface area contributed by atoms with Crippen LogP contribution in [0, 0.1) is 0 Å². The van der Waals surface area contributed by atoms with Gasteiger partial charge in [0.05, 0.1) is 0 Å².